The Morgan fingerprint density at radius 3 is 2.07 bits per heavy atom. The minimum absolute atomic E-state index is 0.0683. The van der Waals surface area contributed by atoms with Gasteiger partial charge in [-0.2, -0.15) is 0 Å². The van der Waals surface area contributed by atoms with Gasteiger partial charge in [0.05, 0.1) is 19.3 Å². The second-order valence-corrected chi connectivity index (χ2v) is 7.46. The minimum atomic E-state index is -0.418. The first-order chi connectivity index (χ1) is 12.7. The van der Waals surface area contributed by atoms with Crippen LogP contribution < -0.4 is 4.74 Å². The number of carbonyl (C=O) groups is 2. The number of methoxy groups -OCH3 is 1. The lowest BCUT2D eigenvalue weighted by molar-refractivity contribution is 0.0600. The molecule has 0 saturated heterocycles. The Bertz CT molecular complexity index is 817. The lowest BCUT2D eigenvalue weighted by Gasteiger charge is -2.18. The maximum atomic E-state index is 13.0. The van der Waals surface area contributed by atoms with E-state index in [0.717, 1.165) is 16.9 Å². The fourth-order valence-corrected chi connectivity index (χ4v) is 2.81. The summed E-state index contributed by atoms with van der Waals surface area (Å²) in [5, 5.41) is 0. The number of rotatable bonds is 7. The van der Waals surface area contributed by atoms with E-state index < -0.39 is 5.97 Å². The van der Waals surface area contributed by atoms with Crippen LogP contribution >= 0.6 is 0 Å². The van der Waals surface area contributed by atoms with Crippen LogP contribution in [0.1, 0.15) is 71.0 Å². The van der Waals surface area contributed by atoms with Crippen molar-refractivity contribution in [2.75, 3.05) is 13.7 Å². The second-order valence-electron chi connectivity index (χ2n) is 7.46. The summed E-state index contributed by atoms with van der Waals surface area (Å²) >= 11 is 0. The van der Waals surface area contributed by atoms with E-state index in [2.05, 4.69) is 27.7 Å². The van der Waals surface area contributed by atoms with Crippen molar-refractivity contribution in [3.63, 3.8) is 0 Å². The largest absolute Gasteiger partial charge is 0.493 e. The second kappa shape index (κ2) is 8.85. The zero-order chi connectivity index (χ0) is 20.1. The van der Waals surface area contributed by atoms with Crippen molar-refractivity contribution in [3.05, 3.63) is 64.2 Å². The van der Waals surface area contributed by atoms with E-state index in [4.69, 9.17) is 9.47 Å². The molecule has 27 heavy (non-hydrogen) atoms. The number of hydrogen-bond donors (Lipinski definition) is 0. The first-order valence-corrected chi connectivity index (χ1v) is 9.25. The molecule has 0 radical (unpaired) electrons. The molecule has 4 nitrogen and oxygen atoms in total. The third kappa shape index (κ3) is 4.97. The molecule has 0 heterocycles. The van der Waals surface area contributed by atoms with Crippen LogP contribution in [0.4, 0.5) is 0 Å². The van der Waals surface area contributed by atoms with Crippen molar-refractivity contribution in [1.82, 2.24) is 0 Å². The number of carbonyl (C=O) groups excluding carboxylic acids is 2. The third-order valence-electron chi connectivity index (χ3n) is 4.36. The summed E-state index contributed by atoms with van der Waals surface area (Å²) in [6.07, 6.45) is 0. The number of hydrogen-bond acceptors (Lipinski definition) is 4. The van der Waals surface area contributed by atoms with Gasteiger partial charge in [-0.1, -0.05) is 39.8 Å². The van der Waals surface area contributed by atoms with E-state index in [1.54, 1.807) is 24.3 Å². The Kier molecular flexibility index (Phi) is 6.78. The zero-order valence-corrected chi connectivity index (χ0v) is 17.0. The van der Waals surface area contributed by atoms with Crippen LogP contribution in [0.15, 0.2) is 36.4 Å². The van der Waals surface area contributed by atoms with Gasteiger partial charge in [-0.05, 0) is 54.2 Å². The maximum Gasteiger partial charge on any atom is 0.337 e. The fraction of sp³-hybridized carbons (Fsp3) is 0.391. The van der Waals surface area contributed by atoms with Crippen LogP contribution in [-0.4, -0.2) is 25.5 Å². The van der Waals surface area contributed by atoms with Gasteiger partial charge in [0.15, 0.2) is 5.78 Å². The average molecular weight is 368 g/mol. The minimum Gasteiger partial charge on any atom is -0.493 e. The predicted molar refractivity (Wildman–Crippen MR) is 107 cm³/mol. The van der Waals surface area contributed by atoms with Crippen LogP contribution in [0.2, 0.25) is 0 Å². The number of aryl methyl sites for hydroxylation is 1. The Morgan fingerprint density at radius 1 is 0.963 bits per heavy atom. The molecule has 0 spiro atoms. The highest BCUT2D eigenvalue weighted by Gasteiger charge is 2.18. The Morgan fingerprint density at radius 2 is 1.56 bits per heavy atom. The van der Waals surface area contributed by atoms with Gasteiger partial charge >= 0.3 is 5.97 Å². The van der Waals surface area contributed by atoms with E-state index in [0.29, 0.717) is 29.2 Å². The van der Waals surface area contributed by atoms with E-state index in [1.807, 2.05) is 19.1 Å². The highest BCUT2D eigenvalue weighted by atomic mass is 16.5. The van der Waals surface area contributed by atoms with Gasteiger partial charge in [0.25, 0.3) is 0 Å². The highest BCUT2D eigenvalue weighted by molar-refractivity contribution is 6.10. The first kappa shape index (κ1) is 20.7. The van der Waals surface area contributed by atoms with Crippen LogP contribution in [0.5, 0.6) is 5.75 Å². The summed E-state index contributed by atoms with van der Waals surface area (Å²) in [5.41, 5.74) is 3.51. The van der Waals surface area contributed by atoms with Crippen molar-refractivity contribution >= 4 is 11.8 Å². The smallest absolute Gasteiger partial charge is 0.337 e. The normalized spacial score (nSPS) is 11.0. The highest BCUT2D eigenvalue weighted by Crippen LogP contribution is 2.31. The SMILES string of the molecule is COC(=O)c1ccc(C(=O)c2cc(C(C)C)c(OCC(C)C)cc2C)cc1. The lowest BCUT2D eigenvalue weighted by atomic mass is 9.92. The van der Waals surface area contributed by atoms with Crippen LogP contribution in [0.25, 0.3) is 0 Å². The zero-order valence-electron chi connectivity index (χ0n) is 17.0. The molecular formula is C23H28O4. The standard InChI is InChI=1S/C23H28O4/c1-14(2)13-27-21-11-16(5)20(12-19(21)15(3)4)22(24)17-7-9-18(10-8-17)23(25)26-6/h7-12,14-15H,13H2,1-6H3. The molecule has 0 bridgehead atoms. The predicted octanol–water partition coefficient (Wildman–Crippen LogP) is 5.17. The molecule has 0 amide bonds. The molecule has 0 aliphatic carbocycles. The van der Waals surface area contributed by atoms with Gasteiger partial charge in [0, 0.05) is 11.1 Å². The number of benzene rings is 2. The van der Waals surface area contributed by atoms with E-state index in [9.17, 15) is 9.59 Å². The van der Waals surface area contributed by atoms with E-state index in [-0.39, 0.29) is 11.7 Å². The van der Waals surface area contributed by atoms with E-state index >= 15 is 0 Å². The molecule has 0 fully saturated rings. The molecule has 0 aliphatic heterocycles. The van der Waals surface area contributed by atoms with Gasteiger partial charge in [0.1, 0.15) is 5.75 Å². The van der Waals surface area contributed by atoms with Crippen molar-refractivity contribution < 1.29 is 19.1 Å². The molecule has 2 aromatic rings. The number of ketones is 1. The summed E-state index contributed by atoms with van der Waals surface area (Å²) in [6.45, 7) is 11.0. The van der Waals surface area contributed by atoms with Crippen molar-refractivity contribution in [2.24, 2.45) is 5.92 Å². The monoisotopic (exact) mass is 368 g/mol. The molecule has 144 valence electrons. The van der Waals surface area contributed by atoms with Crippen LogP contribution in [-0.2, 0) is 4.74 Å². The molecule has 4 heteroatoms. The van der Waals surface area contributed by atoms with Gasteiger partial charge in [0.2, 0.25) is 0 Å². The van der Waals surface area contributed by atoms with E-state index in [1.165, 1.54) is 7.11 Å². The Labute approximate surface area is 161 Å². The van der Waals surface area contributed by atoms with Crippen LogP contribution in [0.3, 0.4) is 0 Å². The number of esters is 1. The van der Waals surface area contributed by atoms with Gasteiger partial charge < -0.3 is 9.47 Å². The average Bonchev–Trinajstić information content (AvgIpc) is 2.65. The fourth-order valence-electron chi connectivity index (χ4n) is 2.81. The molecular weight excluding hydrogens is 340 g/mol. The Hall–Kier alpha value is -2.62. The summed E-state index contributed by atoms with van der Waals surface area (Å²) in [7, 11) is 1.33. The lowest BCUT2D eigenvalue weighted by Crippen LogP contribution is -2.10. The van der Waals surface area contributed by atoms with Crippen LogP contribution in [0, 0.1) is 12.8 Å². The topological polar surface area (TPSA) is 52.6 Å². The van der Waals surface area contributed by atoms with Gasteiger partial charge in [-0.3, -0.25) is 4.79 Å². The number of ether oxygens (including phenoxy) is 2. The Balaban J connectivity index is 2.38. The molecule has 0 saturated carbocycles. The maximum absolute atomic E-state index is 13.0. The third-order valence-corrected chi connectivity index (χ3v) is 4.36. The summed E-state index contributed by atoms with van der Waals surface area (Å²) in [5.74, 6) is 1.02. The van der Waals surface area contributed by atoms with Gasteiger partial charge in [-0.25, -0.2) is 4.79 Å². The molecule has 0 unspecified atom stereocenters. The molecule has 2 aromatic carbocycles. The molecule has 0 aromatic heterocycles. The molecule has 0 atom stereocenters. The quantitative estimate of drug-likeness (QED) is 0.500. The van der Waals surface area contributed by atoms with Crippen molar-refractivity contribution in [2.45, 2.75) is 40.5 Å². The van der Waals surface area contributed by atoms with Crippen molar-refractivity contribution in [1.29, 1.82) is 0 Å². The summed E-state index contributed by atoms with van der Waals surface area (Å²) < 4.78 is 10.7. The molecule has 0 aliphatic rings. The van der Waals surface area contributed by atoms with Gasteiger partial charge in [-0.15, -0.1) is 0 Å². The molecule has 0 N–H and O–H groups in total. The summed E-state index contributed by atoms with van der Waals surface area (Å²) in [4.78, 5) is 24.6. The van der Waals surface area contributed by atoms with Crippen molar-refractivity contribution in [3.8, 4) is 5.75 Å². The summed E-state index contributed by atoms with van der Waals surface area (Å²) in [6, 6.07) is 10.4. The first-order valence-electron chi connectivity index (χ1n) is 9.25. The molecule has 2 rings (SSSR count).